The number of carbonyl (C=O) groups is 1. The lowest BCUT2D eigenvalue weighted by molar-refractivity contribution is -0.141. The summed E-state index contributed by atoms with van der Waals surface area (Å²) in [4.78, 5) is 15.5. The summed E-state index contributed by atoms with van der Waals surface area (Å²) in [7, 11) is 1.31. The van der Waals surface area contributed by atoms with Crippen LogP contribution in [-0.2, 0) is 9.53 Å². The van der Waals surface area contributed by atoms with Gasteiger partial charge in [-0.3, -0.25) is 9.52 Å². The largest absolute Gasteiger partial charge is 0.468 e. The Morgan fingerprint density at radius 2 is 1.88 bits per heavy atom. The number of esters is 1. The molecule has 4 rings (SSSR count). The van der Waals surface area contributed by atoms with Crippen LogP contribution in [-0.4, -0.2) is 36.2 Å². The molecule has 4 aromatic rings. The number of aromatic amines is 1. The third kappa shape index (κ3) is 7.67. The number of rotatable bonds is 8. The highest BCUT2D eigenvalue weighted by Gasteiger charge is 2.05. The molecule has 6 N–H and O–H groups in total. The van der Waals surface area contributed by atoms with Crippen LogP contribution in [0.4, 0.5) is 0 Å². The van der Waals surface area contributed by atoms with Crippen LogP contribution in [0.25, 0.3) is 21.3 Å². The maximum Gasteiger partial charge on any atom is 0.326 e. The Labute approximate surface area is 207 Å². The normalized spacial score (nSPS) is 11.1. The minimum Gasteiger partial charge on any atom is -0.468 e. The smallest absolute Gasteiger partial charge is 0.326 e. The third-order valence-corrected chi connectivity index (χ3v) is 6.81. The molecule has 9 heteroatoms. The van der Waals surface area contributed by atoms with Gasteiger partial charge in [-0.25, -0.2) is 5.84 Å². The summed E-state index contributed by atoms with van der Waals surface area (Å²) in [6.07, 6.45) is 3.54. The van der Waals surface area contributed by atoms with Crippen LogP contribution in [0.1, 0.15) is 5.56 Å². The average Bonchev–Trinajstić information content (AvgIpc) is 3.47. The van der Waals surface area contributed by atoms with Crippen molar-refractivity contribution in [2.45, 2.75) is 11.1 Å². The highest BCUT2D eigenvalue weighted by atomic mass is 32.2. The van der Waals surface area contributed by atoms with Crippen molar-refractivity contribution in [1.29, 1.82) is 0 Å². The number of para-hydroxylation sites is 1. The molecule has 0 saturated carbocycles. The number of carbonyl (C=O) groups excluding carboxylic acids is 1. The lowest BCUT2D eigenvalue weighted by Gasteiger charge is -2.13. The van der Waals surface area contributed by atoms with Gasteiger partial charge in [-0.15, -0.1) is 11.3 Å². The van der Waals surface area contributed by atoms with Crippen molar-refractivity contribution in [3.8, 4) is 10.4 Å². The summed E-state index contributed by atoms with van der Waals surface area (Å²) in [5.41, 5.74) is 10.1. The van der Waals surface area contributed by atoms with Crippen molar-refractivity contribution >= 4 is 40.2 Å². The number of benzene rings is 2. The van der Waals surface area contributed by atoms with Gasteiger partial charge in [0, 0.05) is 40.4 Å². The van der Waals surface area contributed by atoms with Crippen LogP contribution < -0.4 is 16.3 Å². The van der Waals surface area contributed by atoms with Gasteiger partial charge >= 0.3 is 5.97 Å². The molecule has 0 atom stereocenters. The quantitative estimate of drug-likeness (QED) is 0.122. The van der Waals surface area contributed by atoms with Gasteiger partial charge in [0.2, 0.25) is 0 Å². The first-order valence-corrected chi connectivity index (χ1v) is 12.2. The van der Waals surface area contributed by atoms with Gasteiger partial charge in [0.15, 0.2) is 0 Å². The molecular weight excluding hydrogens is 466 g/mol. The maximum atomic E-state index is 11.1. The molecule has 0 aliphatic carbocycles. The third-order valence-electron chi connectivity index (χ3n) is 4.76. The van der Waals surface area contributed by atoms with Crippen molar-refractivity contribution in [2.24, 2.45) is 11.6 Å². The van der Waals surface area contributed by atoms with Crippen molar-refractivity contribution < 1.29 is 9.53 Å². The van der Waals surface area contributed by atoms with Crippen LogP contribution >= 0.6 is 23.3 Å². The Morgan fingerprint density at radius 3 is 2.62 bits per heavy atom. The van der Waals surface area contributed by atoms with E-state index in [1.54, 1.807) is 11.3 Å². The molecule has 2 aromatic carbocycles. The first kappa shape index (κ1) is 25.4. The number of nitrogens with one attached hydrogen (secondary N) is 2. The van der Waals surface area contributed by atoms with Crippen LogP contribution in [0.2, 0.25) is 0 Å². The fourth-order valence-corrected chi connectivity index (χ4v) is 4.93. The maximum absolute atomic E-state index is 11.1. The van der Waals surface area contributed by atoms with Crippen LogP contribution in [0.3, 0.4) is 0 Å². The number of hydrogen-bond donors (Lipinski definition) is 4. The molecular formula is C25H29N5O2S2. The zero-order chi connectivity index (χ0) is 24.3. The number of nitrogens with zero attached hydrogens (tertiary/aromatic N) is 1. The Kier molecular flexibility index (Phi) is 9.60. The summed E-state index contributed by atoms with van der Waals surface area (Å²) < 4.78 is 8.85. The van der Waals surface area contributed by atoms with Gasteiger partial charge in [-0.2, -0.15) is 0 Å². The number of hydrogen-bond acceptors (Lipinski definition) is 8. The van der Waals surface area contributed by atoms with E-state index in [-0.39, 0.29) is 6.54 Å². The summed E-state index contributed by atoms with van der Waals surface area (Å²) in [5, 5.41) is 2.52. The zero-order valence-corrected chi connectivity index (χ0v) is 20.8. The Balaban J connectivity index is 0.000000266. The molecule has 178 valence electrons. The number of aromatic nitrogens is 1. The second kappa shape index (κ2) is 12.9. The van der Waals surface area contributed by atoms with Crippen LogP contribution in [0, 0.1) is 6.92 Å². The molecule has 0 radical (unpaired) electrons. The van der Waals surface area contributed by atoms with E-state index in [1.807, 2.05) is 30.5 Å². The van der Waals surface area contributed by atoms with E-state index < -0.39 is 5.97 Å². The molecule has 0 bridgehead atoms. The molecule has 0 unspecified atom stereocenters. The summed E-state index contributed by atoms with van der Waals surface area (Å²) >= 11 is 3.21. The highest BCUT2D eigenvalue weighted by Crippen LogP contribution is 2.32. The summed E-state index contributed by atoms with van der Waals surface area (Å²) in [5.74, 6) is 5.22. The van der Waals surface area contributed by atoms with Gasteiger partial charge in [-0.1, -0.05) is 48.5 Å². The molecule has 2 aromatic heterocycles. The summed E-state index contributed by atoms with van der Waals surface area (Å²) in [6.45, 7) is 2.51. The van der Waals surface area contributed by atoms with E-state index >= 15 is 0 Å². The standard InChI is InChI=1S/C16H20N4O2S2.C9H9N/c1-22-15(21)11-20(18)10-13(17)9-19-24-16-8-7-14(23-16)12-5-3-2-4-6-12;1-7-6-10-9-5-3-2-4-8(7)9/h2-8,10,19H,9,11,17-18H2,1H3;2-6,10H,1H3/b13-10-;. The van der Waals surface area contributed by atoms with Crippen LogP contribution in [0.5, 0.6) is 0 Å². The molecule has 0 amide bonds. The number of methoxy groups -OCH3 is 1. The highest BCUT2D eigenvalue weighted by molar-refractivity contribution is 7.99. The molecule has 2 heterocycles. The number of hydrazine groups is 1. The zero-order valence-electron chi connectivity index (χ0n) is 19.2. The SMILES string of the molecule is COC(=O)CN(N)/C=C(\N)CNSc1ccc(-c2ccccc2)s1.Cc1c[nH]c2ccccc12. The predicted molar refractivity (Wildman–Crippen MR) is 142 cm³/mol. The summed E-state index contributed by atoms with van der Waals surface area (Å²) in [6, 6.07) is 22.7. The number of thiophene rings is 1. The minimum absolute atomic E-state index is 0.0459. The van der Waals surface area contributed by atoms with Gasteiger partial charge in [-0.05, 0) is 48.2 Å². The number of fused-ring (bicyclic) bond motifs is 1. The van der Waals surface area contributed by atoms with E-state index in [0.29, 0.717) is 12.2 Å². The number of nitrogens with two attached hydrogens (primary N) is 2. The lowest BCUT2D eigenvalue weighted by Crippen LogP contribution is -2.33. The average molecular weight is 496 g/mol. The first-order valence-electron chi connectivity index (χ1n) is 10.6. The number of H-pyrrole nitrogens is 1. The molecule has 0 spiro atoms. The Hall–Kier alpha value is -3.24. The van der Waals surface area contributed by atoms with Gasteiger partial charge in [0.1, 0.15) is 6.54 Å². The Bertz CT molecular complexity index is 1220. The van der Waals surface area contributed by atoms with Gasteiger partial charge < -0.3 is 20.5 Å². The van der Waals surface area contributed by atoms with Gasteiger partial charge in [0.05, 0.1) is 11.3 Å². The van der Waals surface area contributed by atoms with E-state index in [2.05, 4.69) is 63.8 Å². The topological polar surface area (TPSA) is 109 Å². The van der Waals surface area contributed by atoms with Crippen molar-refractivity contribution in [1.82, 2.24) is 14.7 Å². The van der Waals surface area contributed by atoms with Crippen molar-refractivity contribution in [2.75, 3.05) is 20.2 Å². The van der Waals surface area contributed by atoms with Gasteiger partial charge in [0.25, 0.3) is 0 Å². The second-order valence-electron chi connectivity index (χ2n) is 7.38. The predicted octanol–water partition coefficient (Wildman–Crippen LogP) is 4.64. The molecule has 0 fully saturated rings. The van der Waals surface area contributed by atoms with Crippen molar-refractivity contribution in [3.05, 3.63) is 90.4 Å². The monoisotopic (exact) mass is 495 g/mol. The van der Waals surface area contributed by atoms with E-state index in [0.717, 1.165) is 4.21 Å². The minimum atomic E-state index is -0.420. The molecule has 34 heavy (non-hydrogen) atoms. The second-order valence-corrected chi connectivity index (χ2v) is 9.65. The Morgan fingerprint density at radius 1 is 1.15 bits per heavy atom. The first-order chi connectivity index (χ1) is 16.5. The number of aryl methyl sites for hydroxylation is 1. The molecule has 0 aliphatic heterocycles. The molecule has 0 aliphatic rings. The van der Waals surface area contributed by atoms with Crippen LogP contribution in [0.15, 0.2) is 89.0 Å². The molecule has 0 saturated heterocycles. The lowest BCUT2D eigenvalue weighted by atomic mass is 10.2. The van der Waals surface area contributed by atoms with E-state index in [1.165, 1.54) is 57.2 Å². The van der Waals surface area contributed by atoms with Crippen molar-refractivity contribution in [3.63, 3.8) is 0 Å². The number of ether oxygens (including phenoxy) is 1. The fraction of sp³-hybridized carbons (Fsp3) is 0.160. The fourth-order valence-electron chi connectivity index (χ4n) is 3.06. The van der Waals surface area contributed by atoms with E-state index in [9.17, 15) is 4.79 Å². The van der Waals surface area contributed by atoms with E-state index in [4.69, 9.17) is 11.6 Å². The molecule has 7 nitrogen and oxygen atoms in total.